The highest BCUT2D eigenvalue weighted by atomic mass is 35.5. The van der Waals surface area contributed by atoms with Gasteiger partial charge in [-0.3, -0.25) is 9.69 Å². The highest BCUT2D eigenvalue weighted by Crippen LogP contribution is 2.18. The molecule has 0 saturated carbocycles. The van der Waals surface area contributed by atoms with Crippen LogP contribution in [0.3, 0.4) is 0 Å². The average molecular weight is 316 g/mol. The predicted octanol–water partition coefficient (Wildman–Crippen LogP) is 2.03. The minimum absolute atomic E-state index is 0.00665. The number of hydrogen-bond acceptors (Lipinski definition) is 4. The second-order valence-electron chi connectivity index (χ2n) is 5.25. The summed E-state index contributed by atoms with van der Waals surface area (Å²) in [5, 5.41) is 0.589. The molecule has 1 saturated heterocycles. The van der Waals surface area contributed by atoms with Gasteiger partial charge >= 0.3 is 0 Å². The van der Waals surface area contributed by atoms with E-state index >= 15 is 0 Å². The second kappa shape index (κ2) is 5.84. The number of carbonyl (C=O) groups excluding carboxylic acids is 1. The predicted molar refractivity (Wildman–Crippen MR) is 80.1 cm³/mol. The molecule has 0 radical (unpaired) electrons. The van der Waals surface area contributed by atoms with Gasteiger partial charge in [-0.2, -0.15) is 0 Å². The summed E-state index contributed by atoms with van der Waals surface area (Å²) in [6, 6.07) is 6.30. The SMILES string of the molecule is CC1CS(=O)(=O)CCN1C(C)C(=O)c1ccc(Cl)cc1. The smallest absolute Gasteiger partial charge is 0.179 e. The van der Waals surface area contributed by atoms with Gasteiger partial charge in [-0.15, -0.1) is 0 Å². The fraction of sp³-hybridized carbons (Fsp3) is 0.500. The molecular formula is C14H18ClNO3S. The number of carbonyl (C=O) groups is 1. The third kappa shape index (κ3) is 3.40. The van der Waals surface area contributed by atoms with Crippen molar-refractivity contribution < 1.29 is 13.2 Å². The maximum absolute atomic E-state index is 12.4. The zero-order valence-corrected chi connectivity index (χ0v) is 13.1. The van der Waals surface area contributed by atoms with Gasteiger partial charge < -0.3 is 0 Å². The second-order valence-corrected chi connectivity index (χ2v) is 7.91. The first-order chi connectivity index (χ1) is 9.30. The lowest BCUT2D eigenvalue weighted by Gasteiger charge is -2.36. The Kier molecular flexibility index (Phi) is 4.52. The van der Waals surface area contributed by atoms with Crippen molar-refractivity contribution in [3.8, 4) is 0 Å². The highest BCUT2D eigenvalue weighted by Gasteiger charge is 2.33. The van der Waals surface area contributed by atoms with E-state index in [-0.39, 0.29) is 29.4 Å². The first-order valence-corrected chi connectivity index (χ1v) is 8.76. The van der Waals surface area contributed by atoms with E-state index in [9.17, 15) is 13.2 Å². The molecule has 1 aliphatic rings. The molecule has 0 amide bonds. The Hall–Kier alpha value is -0.910. The average Bonchev–Trinajstić information content (AvgIpc) is 2.37. The molecule has 20 heavy (non-hydrogen) atoms. The summed E-state index contributed by atoms with van der Waals surface area (Å²) >= 11 is 5.81. The summed E-state index contributed by atoms with van der Waals surface area (Å²) in [6.45, 7) is 4.08. The van der Waals surface area contributed by atoms with Crippen molar-refractivity contribution in [2.75, 3.05) is 18.1 Å². The van der Waals surface area contributed by atoms with Crippen LogP contribution in [0.4, 0.5) is 0 Å². The van der Waals surface area contributed by atoms with Crippen LogP contribution in [0, 0.1) is 0 Å². The molecule has 0 bridgehead atoms. The molecule has 2 atom stereocenters. The van der Waals surface area contributed by atoms with E-state index in [1.807, 2.05) is 18.7 Å². The van der Waals surface area contributed by atoms with E-state index < -0.39 is 9.84 Å². The molecule has 0 aromatic heterocycles. The van der Waals surface area contributed by atoms with Crippen LogP contribution >= 0.6 is 11.6 Å². The van der Waals surface area contributed by atoms with Crippen molar-refractivity contribution >= 4 is 27.2 Å². The molecule has 2 unspecified atom stereocenters. The van der Waals surface area contributed by atoms with Crippen LogP contribution < -0.4 is 0 Å². The molecule has 110 valence electrons. The van der Waals surface area contributed by atoms with Gasteiger partial charge in [-0.1, -0.05) is 11.6 Å². The van der Waals surface area contributed by atoms with Crippen molar-refractivity contribution in [2.45, 2.75) is 25.9 Å². The molecule has 4 nitrogen and oxygen atoms in total. The number of Topliss-reactive ketones (excluding diaryl/α,β-unsaturated/α-hetero) is 1. The third-order valence-corrected chi connectivity index (χ3v) is 5.77. The zero-order chi connectivity index (χ0) is 14.9. The lowest BCUT2D eigenvalue weighted by atomic mass is 10.0. The Bertz CT molecular complexity index is 597. The van der Waals surface area contributed by atoms with Crippen LogP contribution in [0.25, 0.3) is 0 Å². The Morgan fingerprint density at radius 3 is 2.50 bits per heavy atom. The first-order valence-electron chi connectivity index (χ1n) is 6.56. The van der Waals surface area contributed by atoms with Crippen LogP contribution in [0.1, 0.15) is 24.2 Å². The molecule has 0 aliphatic carbocycles. The summed E-state index contributed by atoms with van der Waals surface area (Å²) in [6.07, 6.45) is 0. The number of sulfone groups is 1. The summed E-state index contributed by atoms with van der Waals surface area (Å²) in [7, 11) is -2.96. The molecule has 2 rings (SSSR count). The summed E-state index contributed by atoms with van der Waals surface area (Å²) in [4.78, 5) is 14.4. The van der Waals surface area contributed by atoms with E-state index in [1.54, 1.807) is 24.3 Å². The fourth-order valence-corrected chi connectivity index (χ4v) is 4.30. The lowest BCUT2D eigenvalue weighted by molar-refractivity contribution is 0.0794. The molecule has 1 heterocycles. The van der Waals surface area contributed by atoms with E-state index in [1.165, 1.54) is 0 Å². The number of benzene rings is 1. The Morgan fingerprint density at radius 1 is 1.35 bits per heavy atom. The first kappa shape index (κ1) is 15.5. The maximum atomic E-state index is 12.4. The lowest BCUT2D eigenvalue weighted by Crippen LogP contribution is -2.53. The monoisotopic (exact) mass is 315 g/mol. The van der Waals surface area contributed by atoms with Crippen LogP contribution in [0.15, 0.2) is 24.3 Å². The van der Waals surface area contributed by atoms with Crippen LogP contribution in [0.2, 0.25) is 5.02 Å². The van der Waals surface area contributed by atoms with Crippen LogP contribution in [-0.4, -0.2) is 49.2 Å². The standard InChI is InChI=1S/C14H18ClNO3S/c1-10-9-20(18,19)8-7-16(10)11(2)14(17)12-3-5-13(15)6-4-12/h3-6,10-11H,7-9H2,1-2H3. The number of rotatable bonds is 3. The maximum Gasteiger partial charge on any atom is 0.179 e. The van der Waals surface area contributed by atoms with E-state index in [0.717, 1.165) is 0 Å². The Labute approximate surface area is 124 Å². The largest absolute Gasteiger partial charge is 0.292 e. The minimum Gasteiger partial charge on any atom is -0.292 e. The van der Waals surface area contributed by atoms with Crippen molar-refractivity contribution in [3.05, 3.63) is 34.9 Å². The number of hydrogen-bond donors (Lipinski definition) is 0. The molecule has 1 aromatic rings. The fourth-order valence-electron chi connectivity index (χ4n) is 2.59. The van der Waals surface area contributed by atoms with Gasteiger partial charge in [0.2, 0.25) is 0 Å². The number of ketones is 1. The molecular weight excluding hydrogens is 298 g/mol. The summed E-state index contributed by atoms with van der Waals surface area (Å²) in [5.74, 6) is 0.230. The van der Waals surface area contributed by atoms with Crippen LogP contribution in [0.5, 0.6) is 0 Å². The Balaban J connectivity index is 2.13. The topological polar surface area (TPSA) is 54.5 Å². The number of nitrogens with zero attached hydrogens (tertiary/aromatic N) is 1. The van der Waals surface area contributed by atoms with Crippen molar-refractivity contribution in [1.29, 1.82) is 0 Å². The van der Waals surface area contributed by atoms with E-state index in [2.05, 4.69) is 0 Å². The van der Waals surface area contributed by atoms with Gasteiger partial charge in [0.25, 0.3) is 0 Å². The quantitative estimate of drug-likeness (QED) is 0.801. The van der Waals surface area contributed by atoms with Gasteiger partial charge in [0.1, 0.15) is 0 Å². The molecule has 1 aliphatic heterocycles. The highest BCUT2D eigenvalue weighted by molar-refractivity contribution is 7.91. The van der Waals surface area contributed by atoms with E-state index in [4.69, 9.17) is 11.6 Å². The zero-order valence-electron chi connectivity index (χ0n) is 11.5. The van der Waals surface area contributed by atoms with Crippen LogP contribution in [-0.2, 0) is 9.84 Å². The normalized spacial score (nSPS) is 24.2. The summed E-state index contributed by atoms with van der Waals surface area (Å²) in [5.41, 5.74) is 0.600. The van der Waals surface area contributed by atoms with Crippen molar-refractivity contribution in [2.24, 2.45) is 0 Å². The number of halogens is 1. The van der Waals surface area contributed by atoms with Gasteiger partial charge in [0.05, 0.1) is 17.5 Å². The van der Waals surface area contributed by atoms with Crippen molar-refractivity contribution in [1.82, 2.24) is 4.90 Å². The summed E-state index contributed by atoms with van der Waals surface area (Å²) < 4.78 is 23.2. The molecule has 0 N–H and O–H groups in total. The van der Waals surface area contributed by atoms with E-state index in [0.29, 0.717) is 17.1 Å². The Morgan fingerprint density at radius 2 is 1.95 bits per heavy atom. The van der Waals surface area contributed by atoms with Crippen molar-refractivity contribution in [3.63, 3.8) is 0 Å². The van der Waals surface area contributed by atoms with Gasteiger partial charge in [-0.25, -0.2) is 8.42 Å². The third-order valence-electron chi connectivity index (χ3n) is 3.73. The molecule has 1 aromatic carbocycles. The minimum atomic E-state index is -2.96. The molecule has 6 heteroatoms. The molecule has 1 fully saturated rings. The van der Waals surface area contributed by atoms with Gasteiger partial charge in [0, 0.05) is 23.2 Å². The van der Waals surface area contributed by atoms with Gasteiger partial charge in [-0.05, 0) is 38.1 Å². The molecule has 0 spiro atoms. The van der Waals surface area contributed by atoms with Gasteiger partial charge in [0.15, 0.2) is 15.6 Å².